The lowest BCUT2D eigenvalue weighted by Gasteiger charge is -2.33. The number of benzene rings is 1. The standard InChI is InChI=1S/C13H19ClN2/c1-13(2,9-16-12-7-15-8-12)10-4-3-5-11(14)6-10/h3-6,12,15-16H,7-9H2,1-2H3. The summed E-state index contributed by atoms with van der Waals surface area (Å²) < 4.78 is 0. The van der Waals surface area contributed by atoms with Crippen molar-refractivity contribution in [2.45, 2.75) is 25.3 Å². The third kappa shape index (κ3) is 2.76. The van der Waals surface area contributed by atoms with Gasteiger partial charge in [-0.3, -0.25) is 0 Å². The smallest absolute Gasteiger partial charge is 0.0408 e. The summed E-state index contributed by atoms with van der Waals surface area (Å²) in [6.07, 6.45) is 0. The van der Waals surface area contributed by atoms with Gasteiger partial charge in [-0.15, -0.1) is 0 Å². The van der Waals surface area contributed by atoms with E-state index in [9.17, 15) is 0 Å². The minimum Gasteiger partial charge on any atom is -0.314 e. The van der Waals surface area contributed by atoms with Crippen molar-refractivity contribution in [2.75, 3.05) is 19.6 Å². The Morgan fingerprint density at radius 3 is 2.75 bits per heavy atom. The van der Waals surface area contributed by atoms with E-state index < -0.39 is 0 Å². The Morgan fingerprint density at radius 1 is 1.44 bits per heavy atom. The Bertz CT molecular complexity index is 359. The fraction of sp³-hybridized carbons (Fsp3) is 0.538. The van der Waals surface area contributed by atoms with Crippen molar-refractivity contribution in [3.05, 3.63) is 34.9 Å². The molecule has 0 radical (unpaired) electrons. The van der Waals surface area contributed by atoms with Gasteiger partial charge in [0.1, 0.15) is 0 Å². The predicted molar refractivity (Wildman–Crippen MR) is 69.1 cm³/mol. The lowest BCUT2D eigenvalue weighted by atomic mass is 9.84. The first-order chi connectivity index (χ1) is 7.58. The van der Waals surface area contributed by atoms with Crippen LogP contribution in [0.3, 0.4) is 0 Å². The molecule has 88 valence electrons. The number of rotatable bonds is 4. The molecule has 0 saturated carbocycles. The molecule has 0 aliphatic carbocycles. The summed E-state index contributed by atoms with van der Waals surface area (Å²) in [7, 11) is 0. The maximum atomic E-state index is 6.02. The van der Waals surface area contributed by atoms with Crippen molar-refractivity contribution in [3.63, 3.8) is 0 Å². The highest BCUT2D eigenvalue weighted by molar-refractivity contribution is 6.30. The van der Waals surface area contributed by atoms with E-state index in [1.54, 1.807) is 0 Å². The molecular weight excluding hydrogens is 220 g/mol. The van der Waals surface area contributed by atoms with Gasteiger partial charge in [-0.25, -0.2) is 0 Å². The van der Waals surface area contributed by atoms with Crippen LogP contribution in [-0.4, -0.2) is 25.7 Å². The van der Waals surface area contributed by atoms with Crippen LogP contribution >= 0.6 is 11.6 Å². The number of hydrogen-bond donors (Lipinski definition) is 2. The zero-order valence-electron chi connectivity index (χ0n) is 9.89. The van der Waals surface area contributed by atoms with Crippen LogP contribution in [0.2, 0.25) is 5.02 Å². The molecule has 1 saturated heterocycles. The molecule has 0 amide bonds. The first kappa shape index (κ1) is 11.9. The van der Waals surface area contributed by atoms with Crippen molar-refractivity contribution in [1.82, 2.24) is 10.6 Å². The highest BCUT2D eigenvalue weighted by Crippen LogP contribution is 2.25. The van der Waals surface area contributed by atoms with Gasteiger partial charge in [0.05, 0.1) is 0 Å². The van der Waals surface area contributed by atoms with Gasteiger partial charge in [0.2, 0.25) is 0 Å². The first-order valence-electron chi connectivity index (χ1n) is 5.78. The second-order valence-corrected chi connectivity index (χ2v) is 5.57. The average Bonchev–Trinajstić information content (AvgIpc) is 2.15. The minimum atomic E-state index is 0.125. The van der Waals surface area contributed by atoms with Crippen molar-refractivity contribution < 1.29 is 0 Å². The average molecular weight is 239 g/mol. The van der Waals surface area contributed by atoms with E-state index in [0.29, 0.717) is 6.04 Å². The van der Waals surface area contributed by atoms with Crippen LogP contribution in [-0.2, 0) is 5.41 Å². The quantitative estimate of drug-likeness (QED) is 0.840. The largest absolute Gasteiger partial charge is 0.314 e. The summed E-state index contributed by atoms with van der Waals surface area (Å²) in [6.45, 7) is 7.66. The molecule has 2 N–H and O–H groups in total. The summed E-state index contributed by atoms with van der Waals surface area (Å²) in [5, 5.41) is 7.65. The van der Waals surface area contributed by atoms with Gasteiger partial charge in [0.15, 0.2) is 0 Å². The molecule has 1 fully saturated rings. The van der Waals surface area contributed by atoms with E-state index >= 15 is 0 Å². The molecule has 0 unspecified atom stereocenters. The number of hydrogen-bond acceptors (Lipinski definition) is 2. The minimum absolute atomic E-state index is 0.125. The third-order valence-electron chi connectivity index (χ3n) is 3.22. The fourth-order valence-electron chi connectivity index (χ4n) is 1.84. The molecule has 1 aliphatic heterocycles. The SMILES string of the molecule is CC(C)(CNC1CNC1)c1cccc(Cl)c1. The topological polar surface area (TPSA) is 24.1 Å². The second-order valence-electron chi connectivity index (χ2n) is 5.13. The number of halogens is 1. The van der Waals surface area contributed by atoms with E-state index in [-0.39, 0.29) is 5.41 Å². The third-order valence-corrected chi connectivity index (χ3v) is 3.46. The fourth-order valence-corrected chi connectivity index (χ4v) is 2.03. The Kier molecular flexibility index (Phi) is 3.53. The van der Waals surface area contributed by atoms with E-state index in [0.717, 1.165) is 24.7 Å². The highest BCUT2D eigenvalue weighted by Gasteiger charge is 2.24. The molecule has 1 aromatic carbocycles. The van der Waals surface area contributed by atoms with Crippen LogP contribution in [0.5, 0.6) is 0 Å². The number of nitrogens with one attached hydrogen (secondary N) is 2. The summed E-state index contributed by atoms with van der Waals surface area (Å²) in [4.78, 5) is 0. The van der Waals surface area contributed by atoms with Crippen LogP contribution in [0.25, 0.3) is 0 Å². The van der Waals surface area contributed by atoms with Gasteiger partial charge in [-0.05, 0) is 17.7 Å². The Hall–Kier alpha value is -0.570. The lowest BCUT2D eigenvalue weighted by Crippen LogP contribution is -2.57. The molecule has 0 atom stereocenters. The van der Waals surface area contributed by atoms with Gasteiger partial charge in [0, 0.05) is 36.1 Å². The van der Waals surface area contributed by atoms with Crippen LogP contribution < -0.4 is 10.6 Å². The van der Waals surface area contributed by atoms with E-state index in [4.69, 9.17) is 11.6 Å². The van der Waals surface area contributed by atoms with Gasteiger partial charge >= 0.3 is 0 Å². The van der Waals surface area contributed by atoms with Crippen LogP contribution in [0.15, 0.2) is 24.3 Å². The van der Waals surface area contributed by atoms with Crippen LogP contribution in [0, 0.1) is 0 Å². The first-order valence-corrected chi connectivity index (χ1v) is 6.16. The molecule has 0 spiro atoms. The molecule has 0 bridgehead atoms. The molecular formula is C13H19ClN2. The van der Waals surface area contributed by atoms with Crippen LogP contribution in [0.4, 0.5) is 0 Å². The molecule has 3 heteroatoms. The molecule has 2 rings (SSSR count). The van der Waals surface area contributed by atoms with Crippen molar-refractivity contribution in [2.24, 2.45) is 0 Å². The molecule has 1 aromatic rings. The summed E-state index contributed by atoms with van der Waals surface area (Å²) >= 11 is 6.02. The van der Waals surface area contributed by atoms with Crippen molar-refractivity contribution >= 4 is 11.6 Å². The maximum absolute atomic E-state index is 6.02. The maximum Gasteiger partial charge on any atom is 0.0408 e. The predicted octanol–water partition coefficient (Wildman–Crippen LogP) is 2.18. The van der Waals surface area contributed by atoms with Gasteiger partial charge in [-0.2, -0.15) is 0 Å². The molecule has 16 heavy (non-hydrogen) atoms. The Balaban J connectivity index is 1.99. The van der Waals surface area contributed by atoms with E-state index in [1.165, 1.54) is 5.56 Å². The Labute approximate surface area is 102 Å². The molecule has 1 aliphatic rings. The Morgan fingerprint density at radius 2 is 2.19 bits per heavy atom. The van der Waals surface area contributed by atoms with Gasteiger partial charge < -0.3 is 10.6 Å². The molecule has 2 nitrogen and oxygen atoms in total. The molecule has 1 heterocycles. The summed E-state index contributed by atoms with van der Waals surface area (Å²) in [5.74, 6) is 0. The summed E-state index contributed by atoms with van der Waals surface area (Å²) in [6, 6.07) is 8.78. The van der Waals surface area contributed by atoms with Crippen LogP contribution in [0.1, 0.15) is 19.4 Å². The summed E-state index contributed by atoms with van der Waals surface area (Å²) in [5.41, 5.74) is 1.42. The van der Waals surface area contributed by atoms with Crippen molar-refractivity contribution in [3.8, 4) is 0 Å². The van der Waals surface area contributed by atoms with Gasteiger partial charge in [-0.1, -0.05) is 37.6 Å². The van der Waals surface area contributed by atoms with E-state index in [2.05, 4.69) is 36.6 Å². The zero-order valence-corrected chi connectivity index (χ0v) is 10.6. The highest BCUT2D eigenvalue weighted by atomic mass is 35.5. The second kappa shape index (κ2) is 4.74. The van der Waals surface area contributed by atoms with Gasteiger partial charge in [0.25, 0.3) is 0 Å². The van der Waals surface area contributed by atoms with E-state index in [1.807, 2.05) is 12.1 Å². The monoisotopic (exact) mass is 238 g/mol. The lowest BCUT2D eigenvalue weighted by molar-refractivity contribution is 0.333. The van der Waals surface area contributed by atoms with Crippen molar-refractivity contribution in [1.29, 1.82) is 0 Å². The molecule has 0 aromatic heterocycles. The zero-order chi connectivity index (χ0) is 11.6. The normalized spacial score (nSPS) is 17.2.